The van der Waals surface area contributed by atoms with Crippen molar-refractivity contribution in [1.29, 1.82) is 0 Å². The van der Waals surface area contributed by atoms with E-state index in [1.807, 2.05) is 6.07 Å². The lowest BCUT2D eigenvalue weighted by Gasteiger charge is -2.32. The number of hydrogen-bond acceptors (Lipinski definition) is 4. The molecule has 1 aromatic heterocycles. The van der Waals surface area contributed by atoms with Gasteiger partial charge in [0.1, 0.15) is 5.82 Å². The van der Waals surface area contributed by atoms with Crippen molar-refractivity contribution >= 4 is 17.4 Å². The first-order valence-electron chi connectivity index (χ1n) is 5.20. The Hall–Kier alpha value is -0.870. The molecule has 0 aromatic carbocycles. The number of hydrogen-bond donors (Lipinski definition) is 0. The van der Waals surface area contributed by atoms with Crippen LogP contribution in [0.15, 0.2) is 12.3 Å². The molecule has 0 saturated carbocycles. The van der Waals surface area contributed by atoms with Crippen molar-refractivity contribution in [3.8, 4) is 0 Å². The zero-order chi connectivity index (χ0) is 10.3. The van der Waals surface area contributed by atoms with Crippen LogP contribution in [0.2, 0.25) is 5.28 Å². The Morgan fingerprint density at radius 2 is 2.07 bits per heavy atom. The molecule has 15 heavy (non-hydrogen) atoms. The molecule has 1 aromatic rings. The Balaban J connectivity index is 1.83. The zero-order valence-electron chi connectivity index (χ0n) is 8.27. The lowest BCUT2D eigenvalue weighted by Crippen LogP contribution is -2.43. The average molecular weight is 226 g/mol. The molecule has 3 heterocycles. The van der Waals surface area contributed by atoms with E-state index in [4.69, 9.17) is 16.3 Å². The molecular weight excluding hydrogens is 214 g/mol. The van der Waals surface area contributed by atoms with E-state index >= 15 is 0 Å². The van der Waals surface area contributed by atoms with Crippen molar-refractivity contribution in [2.24, 2.45) is 0 Å². The fraction of sp³-hybridized carbons (Fsp3) is 0.600. The molecule has 2 aliphatic rings. The molecule has 2 saturated heterocycles. The Kier molecular flexibility index (Phi) is 2.25. The highest BCUT2D eigenvalue weighted by molar-refractivity contribution is 6.28. The summed E-state index contributed by atoms with van der Waals surface area (Å²) in [6.07, 6.45) is 4.78. The molecule has 0 radical (unpaired) electrons. The Morgan fingerprint density at radius 1 is 1.33 bits per heavy atom. The molecule has 5 heteroatoms. The number of nitrogens with zero attached hydrogens (tertiary/aromatic N) is 3. The van der Waals surface area contributed by atoms with E-state index in [0.29, 0.717) is 17.5 Å². The summed E-state index contributed by atoms with van der Waals surface area (Å²) in [5, 5.41) is 0.311. The molecule has 2 unspecified atom stereocenters. The maximum atomic E-state index is 5.77. The molecular formula is C10H12ClN3O. The third-order valence-electron chi connectivity index (χ3n) is 2.98. The maximum absolute atomic E-state index is 5.77. The average Bonchev–Trinajstić information content (AvgIpc) is 2.58. The highest BCUT2D eigenvalue weighted by Crippen LogP contribution is 2.28. The van der Waals surface area contributed by atoms with Crippen molar-refractivity contribution in [3.05, 3.63) is 17.5 Å². The minimum Gasteiger partial charge on any atom is -0.371 e. The normalized spacial score (nSPS) is 29.5. The van der Waals surface area contributed by atoms with Gasteiger partial charge in [-0.1, -0.05) is 0 Å². The minimum absolute atomic E-state index is 0.311. The number of halogens is 1. The van der Waals surface area contributed by atoms with E-state index in [9.17, 15) is 0 Å². The molecule has 2 bridgehead atoms. The summed E-state index contributed by atoms with van der Waals surface area (Å²) >= 11 is 5.77. The van der Waals surface area contributed by atoms with Crippen LogP contribution in [0.25, 0.3) is 0 Å². The van der Waals surface area contributed by atoms with Gasteiger partial charge in [0.25, 0.3) is 0 Å². The Labute approximate surface area is 93.2 Å². The van der Waals surface area contributed by atoms with Crippen molar-refractivity contribution in [2.75, 3.05) is 18.0 Å². The van der Waals surface area contributed by atoms with Crippen LogP contribution >= 0.6 is 11.6 Å². The van der Waals surface area contributed by atoms with E-state index in [1.165, 1.54) is 12.8 Å². The van der Waals surface area contributed by atoms with Crippen LogP contribution in [-0.2, 0) is 4.74 Å². The first-order valence-corrected chi connectivity index (χ1v) is 5.58. The van der Waals surface area contributed by atoms with Gasteiger partial charge >= 0.3 is 0 Å². The van der Waals surface area contributed by atoms with Crippen molar-refractivity contribution in [2.45, 2.75) is 25.0 Å². The van der Waals surface area contributed by atoms with Gasteiger partial charge in [0, 0.05) is 19.3 Å². The van der Waals surface area contributed by atoms with Crippen LogP contribution in [0.5, 0.6) is 0 Å². The number of fused-ring (bicyclic) bond motifs is 2. The molecule has 0 N–H and O–H groups in total. The molecule has 2 aliphatic heterocycles. The van der Waals surface area contributed by atoms with Gasteiger partial charge in [-0.3, -0.25) is 0 Å². The molecule has 80 valence electrons. The van der Waals surface area contributed by atoms with Crippen LogP contribution in [0.3, 0.4) is 0 Å². The predicted molar refractivity (Wildman–Crippen MR) is 57.2 cm³/mol. The van der Waals surface area contributed by atoms with Gasteiger partial charge in [-0.05, 0) is 30.5 Å². The van der Waals surface area contributed by atoms with Gasteiger partial charge in [0.05, 0.1) is 12.2 Å². The maximum Gasteiger partial charge on any atom is 0.224 e. The molecule has 0 amide bonds. The number of morpholine rings is 1. The number of anilines is 1. The van der Waals surface area contributed by atoms with Crippen LogP contribution in [0.1, 0.15) is 12.8 Å². The summed E-state index contributed by atoms with van der Waals surface area (Å²) in [5.41, 5.74) is 0. The first-order chi connectivity index (χ1) is 7.31. The van der Waals surface area contributed by atoms with E-state index < -0.39 is 0 Å². The molecule has 2 atom stereocenters. The Morgan fingerprint density at radius 3 is 2.73 bits per heavy atom. The van der Waals surface area contributed by atoms with Crippen molar-refractivity contribution < 1.29 is 4.74 Å². The zero-order valence-corrected chi connectivity index (χ0v) is 9.02. The van der Waals surface area contributed by atoms with Crippen molar-refractivity contribution in [3.63, 3.8) is 0 Å². The molecule has 3 rings (SSSR count). The van der Waals surface area contributed by atoms with Crippen LogP contribution < -0.4 is 4.90 Å². The van der Waals surface area contributed by atoms with Gasteiger partial charge < -0.3 is 9.64 Å². The summed E-state index contributed by atoms with van der Waals surface area (Å²) in [5.74, 6) is 0.912. The van der Waals surface area contributed by atoms with Crippen molar-refractivity contribution in [1.82, 2.24) is 9.97 Å². The third kappa shape index (κ3) is 1.79. The summed E-state index contributed by atoms with van der Waals surface area (Å²) < 4.78 is 5.76. The summed E-state index contributed by atoms with van der Waals surface area (Å²) in [6, 6.07) is 1.90. The van der Waals surface area contributed by atoms with Gasteiger partial charge in [-0.25, -0.2) is 9.97 Å². The van der Waals surface area contributed by atoms with Gasteiger partial charge in [0.15, 0.2) is 0 Å². The van der Waals surface area contributed by atoms with Gasteiger partial charge in [-0.15, -0.1) is 0 Å². The standard InChI is InChI=1S/C10H12ClN3O/c11-10-12-4-3-9(13-10)14-5-7-1-2-8(6-14)15-7/h3-4,7-8H,1-2,5-6H2. The first kappa shape index (κ1) is 9.36. The summed E-state index contributed by atoms with van der Waals surface area (Å²) in [6.45, 7) is 1.84. The molecule has 0 aliphatic carbocycles. The van der Waals surface area contributed by atoms with E-state index in [0.717, 1.165) is 18.9 Å². The second-order valence-electron chi connectivity index (χ2n) is 4.05. The SMILES string of the molecule is Clc1nccc(N2CC3CCC(C2)O3)n1. The van der Waals surface area contributed by atoms with E-state index in [2.05, 4.69) is 14.9 Å². The second kappa shape index (κ2) is 3.61. The number of ether oxygens (including phenoxy) is 1. The van der Waals surface area contributed by atoms with Crippen LogP contribution in [0, 0.1) is 0 Å². The van der Waals surface area contributed by atoms with E-state index in [-0.39, 0.29) is 0 Å². The fourth-order valence-corrected chi connectivity index (χ4v) is 2.45. The molecule has 2 fully saturated rings. The highest BCUT2D eigenvalue weighted by Gasteiger charge is 2.34. The third-order valence-corrected chi connectivity index (χ3v) is 3.16. The molecule has 0 spiro atoms. The molecule has 4 nitrogen and oxygen atoms in total. The largest absolute Gasteiger partial charge is 0.371 e. The monoisotopic (exact) mass is 225 g/mol. The van der Waals surface area contributed by atoms with Gasteiger partial charge in [0.2, 0.25) is 5.28 Å². The lowest BCUT2D eigenvalue weighted by molar-refractivity contribution is 0.0302. The summed E-state index contributed by atoms with van der Waals surface area (Å²) in [4.78, 5) is 10.3. The van der Waals surface area contributed by atoms with E-state index in [1.54, 1.807) is 6.20 Å². The van der Waals surface area contributed by atoms with Crippen LogP contribution in [-0.4, -0.2) is 35.3 Å². The quantitative estimate of drug-likeness (QED) is 0.679. The number of aromatic nitrogens is 2. The fourth-order valence-electron chi connectivity index (χ4n) is 2.30. The van der Waals surface area contributed by atoms with Crippen LogP contribution in [0.4, 0.5) is 5.82 Å². The predicted octanol–water partition coefficient (Wildman–Crippen LogP) is 1.50. The highest BCUT2D eigenvalue weighted by atomic mass is 35.5. The minimum atomic E-state index is 0.311. The topological polar surface area (TPSA) is 38.2 Å². The smallest absolute Gasteiger partial charge is 0.224 e. The summed E-state index contributed by atoms with van der Waals surface area (Å²) in [7, 11) is 0. The number of rotatable bonds is 1. The lowest BCUT2D eigenvalue weighted by atomic mass is 10.2. The Bertz CT molecular complexity index is 361. The van der Waals surface area contributed by atoms with Gasteiger partial charge in [-0.2, -0.15) is 0 Å². The second-order valence-corrected chi connectivity index (χ2v) is 4.38.